The van der Waals surface area contributed by atoms with Gasteiger partial charge in [-0.1, -0.05) is 23.7 Å². The zero-order valence-corrected chi connectivity index (χ0v) is 14.3. The lowest BCUT2D eigenvalue weighted by atomic mass is 10.0. The number of carbonyl (C=O) groups is 2. The third-order valence-electron chi connectivity index (χ3n) is 4.78. The van der Waals surface area contributed by atoms with Crippen LogP contribution in [-0.2, 0) is 16.1 Å². The van der Waals surface area contributed by atoms with Gasteiger partial charge < -0.3 is 9.84 Å². The average molecular weight is 353 g/mol. The minimum atomic E-state index is -1.00. The van der Waals surface area contributed by atoms with Crippen molar-refractivity contribution in [3.63, 3.8) is 0 Å². The zero-order valence-electron chi connectivity index (χ0n) is 13.6. The van der Waals surface area contributed by atoms with Gasteiger partial charge in [0, 0.05) is 30.7 Å². The molecular formula is C17H21ClN2O4. The van der Waals surface area contributed by atoms with E-state index >= 15 is 0 Å². The molecule has 1 aromatic carbocycles. The van der Waals surface area contributed by atoms with Crippen LogP contribution in [0, 0.1) is 6.92 Å². The van der Waals surface area contributed by atoms with E-state index in [1.165, 1.54) is 10.5 Å². The molecule has 0 unspecified atom stereocenters. The molecule has 130 valence electrons. The number of piperidine rings is 1. The summed E-state index contributed by atoms with van der Waals surface area (Å²) in [5, 5.41) is 10.0. The SMILES string of the molecule is Cc1cc(CN2CCC(N3C(=O)OC[C@@H]3C(=O)O)CC2)ccc1Cl. The molecule has 24 heavy (non-hydrogen) atoms. The monoisotopic (exact) mass is 352 g/mol. The van der Waals surface area contributed by atoms with E-state index in [9.17, 15) is 14.7 Å². The van der Waals surface area contributed by atoms with Crippen molar-refractivity contribution in [2.24, 2.45) is 0 Å². The smallest absolute Gasteiger partial charge is 0.410 e. The molecular weight excluding hydrogens is 332 g/mol. The molecule has 1 atom stereocenters. The minimum absolute atomic E-state index is 0.0571. The fourth-order valence-electron chi connectivity index (χ4n) is 3.45. The number of carboxylic acid groups (broad SMARTS) is 1. The molecule has 7 heteroatoms. The van der Waals surface area contributed by atoms with E-state index in [1.807, 2.05) is 19.1 Å². The van der Waals surface area contributed by atoms with Crippen molar-refractivity contribution in [3.8, 4) is 0 Å². The van der Waals surface area contributed by atoms with Crippen molar-refractivity contribution in [1.82, 2.24) is 9.80 Å². The van der Waals surface area contributed by atoms with E-state index in [2.05, 4.69) is 11.0 Å². The first-order chi connectivity index (χ1) is 11.5. The van der Waals surface area contributed by atoms with Gasteiger partial charge in [0.2, 0.25) is 0 Å². The Morgan fingerprint density at radius 1 is 1.38 bits per heavy atom. The first-order valence-electron chi connectivity index (χ1n) is 8.11. The summed E-state index contributed by atoms with van der Waals surface area (Å²) in [6.07, 6.45) is 1.01. The van der Waals surface area contributed by atoms with Gasteiger partial charge in [-0.05, 0) is 37.0 Å². The molecule has 3 rings (SSSR count). The highest BCUT2D eigenvalue weighted by Crippen LogP contribution is 2.25. The van der Waals surface area contributed by atoms with Crippen molar-refractivity contribution >= 4 is 23.7 Å². The van der Waals surface area contributed by atoms with Gasteiger partial charge in [0.15, 0.2) is 6.04 Å². The maximum atomic E-state index is 11.8. The van der Waals surface area contributed by atoms with Crippen LogP contribution in [0.1, 0.15) is 24.0 Å². The summed E-state index contributed by atoms with van der Waals surface area (Å²) >= 11 is 6.06. The van der Waals surface area contributed by atoms with Gasteiger partial charge in [-0.25, -0.2) is 9.59 Å². The predicted octanol–water partition coefficient (Wildman–Crippen LogP) is 2.52. The highest BCUT2D eigenvalue weighted by molar-refractivity contribution is 6.31. The second-order valence-electron chi connectivity index (χ2n) is 6.43. The van der Waals surface area contributed by atoms with Crippen LogP contribution in [0.25, 0.3) is 0 Å². The van der Waals surface area contributed by atoms with Gasteiger partial charge in [0.1, 0.15) is 6.61 Å². The van der Waals surface area contributed by atoms with Crippen molar-refractivity contribution in [2.75, 3.05) is 19.7 Å². The van der Waals surface area contributed by atoms with Crippen LogP contribution in [0.2, 0.25) is 5.02 Å². The Hall–Kier alpha value is -1.79. The molecule has 2 aliphatic rings. The van der Waals surface area contributed by atoms with Gasteiger partial charge in [-0.3, -0.25) is 9.80 Å². The quantitative estimate of drug-likeness (QED) is 0.901. The number of aryl methyl sites for hydroxylation is 1. The van der Waals surface area contributed by atoms with Crippen LogP contribution in [0.4, 0.5) is 4.79 Å². The molecule has 0 aromatic heterocycles. The second-order valence-corrected chi connectivity index (χ2v) is 6.84. The standard InChI is InChI=1S/C17H21ClN2O4/c1-11-8-12(2-3-14(11)18)9-19-6-4-13(5-7-19)20-15(16(21)22)10-24-17(20)23/h2-3,8,13,15H,4-7,9-10H2,1H3,(H,21,22)/t15-/m1/s1. The molecule has 0 bridgehead atoms. The molecule has 6 nitrogen and oxygen atoms in total. The van der Waals surface area contributed by atoms with Crippen molar-refractivity contribution in [3.05, 3.63) is 34.3 Å². The largest absolute Gasteiger partial charge is 0.480 e. The van der Waals surface area contributed by atoms with Crippen LogP contribution in [-0.4, -0.2) is 58.7 Å². The number of cyclic esters (lactones) is 1. The van der Waals surface area contributed by atoms with Crippen LogP contribution in [0.3, 0.4) is 0 Å². The maximum absolute atomic E-state index is 11.8. The number of hydrogen-bond donors (Lipinski definition) is 1. The predicted molar refractivity (Wildman–Crippen MR) is 89.1 cm³/mol. The summed E-state index contributed by atoms with van der Waals surface area (Å²) in [4.78, 5) is 26.8. The molecule has 1 N–H and O–H groups in total. The number of carboxylic acids is 1. The number of benzene rings is 1. The summed E-state index contributed by atoms with van der Waals surface area (Å²) in [6, 6.07) is 5.11. The number of aliphatic carboxylic acids is 1. The summed E-state index contributed by atoms with van der Waals surface area (Å²) in [5.74, 6) is -1.00. The molecule has 2 saturated heterocycles. The number of amides is 1. The summed E-state index contributed by atoms with van der Waals surface area (Å²) in [7, 11) is 0. The van der Waals surface area contributed by atoms with Crippen molar-refractivity contribution in [1.29, 1.82) is 0 Å². The lowest BCUT2D eigenvalue weighted by Gasteiger charge is -2.37. The number of hydrogen-bond acceptors (Lipinski definition) is 4. The summed E-state index contributed by atoms with van der Waals surface area (Å²) in [5.41, 5.74) is 2.27. The normalized spacial score (nSPS) is 22.7. The third kappa shape index (κ3) is 3.49. The maximum Gasteiger partial charge on any atom is 0.410 e. The van der Waals surface area contributed by atoms with E-state index in [4.69, 9.17) is 16.3 Å². The number of nitrogens with zero attached hydrogens (tertiary/aromatic N) is 2. The van der Waals surface area contributed by atoms with Gasteiger partial charge in [0.25, 0.3) is 0 Å². The number of carbonyl (C=O) groups excluding carboxylic acids is 1. The fourth-order valence-corrected chi connectivity index (χ4v) is 3.56. The van der Waals surface area contributed by atoms with E-state index in [1.54, 1.807) is 0 Å². The Morgan fingerprint density at radius 3 is 2.71 bits per heavy atom. The van der Waals surface area contributed by atoms with Gasteiger partial charge >= 0.3 is 12.1 Å². The first-order valence-corrected chi connectivity index (χ1v) is 8.49. The van der Waals surface area contributed by atoms with E-state index in [-0.39, 0.29) is 12.6 Å². The molecule has 0 saturated carbocycles. The number of likely N-dealkylation sites (tertiary alicyclic amines) is 1. The Morgan fingerprint density at radius 2 is 2.08 bits per heavy atom. The van der Waals surface area contributed by atoms with Gasteiger partial charge in [-0.2, -0.15) is 0 Å². The average Bonchev–Trinajstić information content (AvgIpc) is 2.94. The number of halogens is 1. The summed E-state index contributed by atoms with van der Waals surface area (Å²) in [6.45, 7) is 4.41. The van der Waals surface area contributed by atoms with E-state index in [0.717, 1.165) is 43.1 Å². The third-order valence-corrected chi connectivity index (χ3v) is 5.20. The second kappa shape index (κ2) is 6.99. The van der Waals surface area contributed by atoms with Crippen LogP contribution < -0.4 is 0 Å². The van der Waals surface area contributed by atoms with Crippen LogP contribution in [0.15, 0.2) is 18.2 Å². The van der Waals surface area contributed by atoms with Gasteiger partial charge in [-0.15, -0.1) is 0 Å². The Kier molecular flexibility index (Phi) is 4.96. The number of ether oxygens (including phenoxy) is 1. The Labute approximate surface area is 145 Å². The van der Waals surface area contributed by atoms with Crippen molar-refractivity contribution in [2.45, 2.75) is 38.4 Å². The minimum Gasteiger partial charge on any atom is -0.480 e. The number of rotatable bonds is 4. The lowest BCUT2D eigenvalue weighted by molar-refractivity contribution is -0.142. The molecule has 1 amide bonds. The fraction of sp³-hybridized carbons (Fsp3) is 0.529. The summed E-state index contributed by atoms with van der Waals surface area (Å²) < 4.78 is 4.92. The van der Waals surface area contributed by atoms with Crippen LogP contribution in [0.5, 0.6) is 0 Å². The van der Waals surface area contributed by atoms with Gasteiger partial charge in [0.05, 0.1) is 0 Å². The Bertz CT molecular complexity index is 643. The molecule has 2 heterocycles. The molecule has 0 radical (unpaired) electrons. The zero-order chi connectivity index (χ0) is 17.3. The van der Waals surface area contributed by atoms with E-state index in [0.29, 0.717) is 0 Å². The van der Waals surface area contributed by atoms with E-state index < -0.39 is 18.1 Å². The topological polar surface area (TPSA) is 70.1 Å². The molecule has 2 fully saturated rings. The molecule has 1 aromatic rings. The van der Waals surface area contributed by atoms with Crippen molar-refractivity contribution < 1.29 is 19.4 Å². The molecule has 0 spiro atoms. The molecule has 0 aliphatic carbocycles. The Balaban J connectivity index is 1.58. The highest BCUT2D eigenvalue weighted by Gasteiger charge is 2.43. The van der Waals surface area contributed by atoms with Crippen LogP contribution >= 0.6 is 11.6 Å². The lowest BCUT2D eigenvalue weighted by Crippen LogP contribution is -2.50. The highest BCUT2D eigenvalue weighted by atomic mass is 35.5. The first kappa shape index (κ1) is 17.0. The molecule has 2 aliphatic heterocycles.